The second-order valence-corrected chi connectivity index (χ2v) is 5.74. The van der Waals surface area contributed by atoms with Crippen LogP contribution in [0.3, 0.4) is 0 Å². The number of anilines is 1. The van der Waals surface area contributed by atoms with Crippen LogP contribution in [0.2, 0.25) is 0 Å². The highest BCUT2D eigenvalue weighted by molar-refractivity contribution is 6.05. The fourth-order valence-corrected chi connectivity index (χ4v) is 2.94. The Hall–Kier alpha value is -2.76. The van der Waals surface area contributed by atoms with E-state index < -0.39 is 5.91 Å². The van der Waals surface area contributed by atoms with E-state index in [1.54, 1.807) is 31.4 Å². The van der Waals surface area contributed by atoms with Crippen LogP contribution >= 0.6 is 0 Å². The molecule has 0 saturated carbocycles. The van der Waals surface area contributed by atoms with E-state index in [-0.39, 0.29) is 11.1 Å². The summed E-state index contributed by atoms with van der Waals surface area (Å²) in [7, 11) is 3.06. The third-order valence-electron chi connectivity index (χ3n) is 4.24. The van der Waals surface area contributed by atoms with Crippen molar-refractivity contribution in [1.29, 1.82) is 0 Å². The van der Waals surface area contributed by atoms with Crippen molar-refractivity contribution in [2.75, 3.05) is 19.5 Å². The first-order valence-electron chi connectivity index (χ1n) is 7.91. The summed E-state index contributed by atoms with van der Waals surface area (Å²) in [5.74, 6) is 0.625. The van der Waals surface area contributed by atoms with Gasteiger partial charge in [0.1, 0.15) is 17.1 Å². The third kappa shape index (κ3) is 3.13. The second kappa shape index (κ2) is 6.78. The molecule has 1 aliphatic rings. The van der Waals surface area contributed by atoms with Gasteiger partial charge in [0.15, 0.2) is 0 Å². The van der Waals surface area contributed by atoms with Crippen molar-refractivity contribution in [3.8, 4) is 11.5 Å². The fourth-order valence-electron chi connectivity index (χ4n) is 2.94. The quantitative estimate of drug-likeness (QED) is 0.904. The number of amides is 1. The molecule has 126 valence electrons. The number of carbonyl (C=O) groups is 1. The van der Waals surface area contributed by atoms with E-state index in [0.29, 0.717) is 17.2 Å². The van der Waals surface area contributed by atoms with Crippen LogP contribution < -0.4 is 20.3 Å². The van der Waals surface area contributed by atoms with Crippen LogP contribution in [-0.2, 0) is 12.8 Å². The smallest absolute Gasteiger partial charge is 0.261 e. The maximum atomic E-state index is 12.6. The molecule has 6 nitrogen and oxygen atoms in total. The molecule has 24 heavy (non-hydrogen) atoms. The van der Waals surface area contributed by atoms with Crippen LogP contribution in [0.25, 0.3) is 0 Å². The van der Waals surface area contributed by atoms with E-state index in [4.69, 9.17) is 9.47 Å². The Balaban J connectivity index is 1.92. The van der Waals surface area contributed by atoms with Gasteiger partial charge in [0.05, 0.1) is 19.9 Å². The van der Waals surface area contributed by atoms with Crippen molar-refractivity contribution in [3.63, 3.8) is 0 Å². The Morgan fingerprint density at radius 1 is 1.12 bits per heavy atom. The maximum absolute atomic E-state index is 12.6. The van der Waals surface area contributed by atoms with Gasteiger partial charge in [-0.3, -0.25) is 9.59 Å². The number of hydrogen-bond acceptors (Lipinski definition) is 4. The van der Waals surface area contributed by atoms with Gasteiger partial charge in [-0.15, -0.1) is 0 Å². The lowest BCUT2D eigenvalue weighted by atomic mass is 9.95. The number of aryl methyl sites for hydroxylation is 2. The lowest BCUT2D eigenvalue weighted by molar-refractivity contribution is 0.102. The molecule has 6 heteroatoms. The zero-order chi connectivity index (χ0) is 17.1. The van der Waals surface area contributed by atoms with E-state index >= 15 is 0 Å². The highest BCUT2D eigenvalue weighted by atomic mass is 16.5. The molecule has 2 aromatic rings. The Bertz CT molecular complexity index is 826. The van der Waals surface area contributed by atoms with Gasteiger partial charge in [0.25, 0.3) is 11.5 Å². The van der Waals surface area contributed by atoms with Gasteiger partial charge in [-0.25, -0.2) is 0 Å². The van der Waals surface area contributed by atoms with Crippen molar-refractivity contribution >= 4 is 11.6 Å². The number of pyridine rings is 1. The summed E-state index contributed by atoms with van der Waals surface area (Å²) >= 11 is 0. The zero-order valence-electron chi connectivity index (χ0n) is 13.8. The molecular formula is C18H20N2O4. The molecule has 2 N–H and O–H groups in total. The highest BCUT2D eigenvalue weighted by Gasteiger charge is 2.18. The van der Waals surface area contributed by atoms with E-state index in [1.807, 2.05) is 0 Å². The van der Waals surface area contributed by atoms with Crippen LogP contribution in [0.1, 0.15) is 34.5 Å². The monoisotopic (exact) mass is 328 g/mol. The fraction of sp³-hybridized carbons (Fsp3) is 0.333. The third-order valence-corrected chi connectivity index (χ3v) is 4.24. The molecule has 0 saturated heterocycles. The number of benzene rings is 1. The second-order valence-electron chi connectivity index (χ2n) is 5.74. The van der Waals surface area contributed by atoms with Gasteiger partial charge >= 0.3 is 0 Å². The van der Waals surface area contributed by atoms with Crippen molar-refractivity contribution in [2.45, 2.75) is 25.7 Å². The Morgan fingerprint density at radius 3 is 2.67 bits per heavy atom. The summed E-state index contributed by atoms with van der Waals surface area (Å²) in [4.78, 5) is 27.6. The minimum atomic E-state index is -0.462. The van der Waals surface area contributed by atoms with Crippen LogP contribution in [0.4, 0.5) is 5.69 Å². The summed E-state index contributed by atoms with van der Waals surface area (Å²) in [5, 5.41) is 2.74. The largest absolute Gasteiger partial charge is 0.497 e. The van der Waals surface area contributed by atoms with Crippen LogP contribution in [-0.4, -0.2) is 25.1 Å². The number of fused-ring (bicyclic) bond motifs is 1. The zero-order valence-corrected chi connectivity index (χ0v) is 13.8. The van der Waals surface area contributed by atoms with Crippen molar-refractivity contribution in [1.82, 2.24) is 4.98 Å². The molecule has 0 fully saturated rings. The van der Waals surface area contributed by atoms with Crippen LogP contribution in [0.15, 0.2) is 29.1 Å². The number of carbonyl (C=O) groups excluding carboxylic acids is 1. The molecule has 1 amide bonds. The van der Waals surface area contributed by atoms with E-state index in [9.17, 15) is 9.59 Å². The van der Waals surface area contributed by atoms with Crippen molar-refractivity contribution < 1.29 is 14.3 Å². The Kier molecular flexibility index (Phi) is 4.55. The van der Waals surface area contributed by atoms with E-state index in [0.717, 1.165) is 36.9 Å². The molecule has 1 aliphatic carbocycles. The standard InChI is InChI=1S/C18H20N2O4/c1-23-12-7-8-16(24-2)15(10-12)20-18(22)13-9-11-5-3-4-6-14(11)19-17(13)21/h7-10H,3-6H2,1-2H3,(H,19,21)(H,20,22). The average molecular weight is 328 g/mol. The maximum Gasteiger partial charge on any atom is 0.261 e. The van der Waals surface area contributed by atoms with E-state index in [1.165, 1.54) is 7.11 Å². The number of methoxy groups -OCH3 is 2. The number of hydrogen-bond donors (Lipinski definition) is 2. The number of H-pyrrole nitrogens is 1. The number of nitrogens with one attached hydrogen (secondary N) is 2. The van der Waals surface area contributed by atoms with Gasteiger partial charge < -0.3 is 19.8 Å². The number of ether oxygens (including phenoxy) is 2. The summed E-state index contributed by atoms with van der Waals surface area (Å²) in [6.07, 6.45) is 3.88. The molecule has 0 spiro atoms. The number of aromatic amines is 1. The summed E-state index contributed by atoms with van der Waals surface area (Å²) in [6.45, 7) is 0. The predicted octanol–water partition coefficient (Wildman–Crippen LogP) is 2.52. The van der Waals surface area contributed by atoms with Crippen LogP contribution in [0.5, 0.6) is 11.5 Å². The SMILES string of the molecule is COc1ccc(OC)c(NC(=O)c2cc3c([nH]c2=O)CCCC3)c1. The van der Waals surface area contributed by atoms with Gasteiger partial charge in [-0.05, 0) is 49.4 Å². The molecule has 1 aromatic heterocycles. The lowest BCUT2D eigenvalue weighted by Crippen LogP contribution is -2.26. The molecule has 1 aromatic carbocycles. The molecular weight excluding hydrogens is 308 g/mol. The molecule has 3 rings (SSSR count). The van der Waals surface area contributed by atoms with Gasteiger partial charge in [-0.2, -0.15) is 0 Å². The van der Waals surface area contributed by atoms with Gasteiger partial charge in [0.2, 0.25) is 0 Å². The van der Waals surface area contributed by atoms with Crippen molar-refractivity contribution in [3.05, 3.63) is 51.4 Å². The van der Waals surface area contributed by atoms with Gasteiger partial charge in [0, 0.05) is 11.8 Å². The molecule has 0 unspecified atom stereocenters. The average Bonchev–Trinajstić information content (AvgIpc) is 2.60. The topological polar surface area (TPSA) is 80.4 Å². The minimum absolute atomic E-state index is 0.112. The molecule has 0 atom stereocenters. The number of rotatable bonds is 4. The highest BCUT2D eigenvalue weighted by Crippen LogP contribution is 2.29. The summed E-state index contributed by atoms with van der Waals surface area (Å²) in [6, 6.07) is 6.80. The predicted molar refractivity (Wildman–Crippen MR) is 91.2 cm³/mol. The normalized spacial score (nSPS) is 13.1. The van der Waals surface area contributed by atoms with Crippen LogP contribution in [0, 0.1) is 0 Å². The molecule has 0 radical (unpaired) electrons. The Labute approximate surface area is 139 Å². The Morgan fingerprint density at radius 2 is 1.92 bits per heavy atom. The summed E-state index contributed by atoms with van der Waals surface area (Å²) < 4.78 is 10.4. The first-order valence-corrected chi connectivity index (χ1v) is 7.91. The van der Waals surface area contributed by atoms with Crippen molar-refractivity contribution in [2.24, 2.45) is 0 Å². The molecule has 0 bridgehead atoms. The first-order chi connectivity index (χ1) is 11.6. The van der Waals surface area contributed by atoms with Gasteiger partial charge in [-0.1, -0.05) is 0 Å². The lowest BCUT2D eigenvalue weighted by Gasteiger charge is -2.16. The number of aromatic nitrogens is 1. The molecule has 0 aliphatic heterocycles. The summed E-state index contributed by atoms with van der Waals surface area (Å²) in [5.41, 5.74) is 2.19. The minimum Gasteiger partial charge on any atom is -0.497 e. The molecule has 1 heterocycles. The van der Waals surface area contributed by atoms with E-state index in [2.05, 4.69) is 10.3 Å². The first kappa shape index (κ1) is 16.1.